The quantitative estimate of drug-likeness (QED) is 0.779. The zero-order chi connectivity index (χ0) is 21.1. The van der Waals surface area contributed by atoms with Crippen LogP contribution in [0.4, 0.5) is 5.69 Å². The van der Waals surface area contributed by atoms with Crippen LogP contribution in [0.2, 0.25) is 0 Å². The Bertz CT molecular complexity index is 925. The van der Waals surface area contributed by atoms with E-state index in [2.05, 4.69) is 10.3 Å². The zero-order valence-electron chi connectivity index (χ0n) is 17.2. The predicted molar refractivity (Wildman–Crippen MR) is 114 cm³/mol. The van der Waals surface area contributed by atoms with Crippen LogP contribution in [0, 0.1) is 6.92 Å². The lowest BCUT2D eigenvalue weighted by molar-refractivity contribution is -0.121. The summed E-state index contributed by atoms with van der Waals surface area (Å²) in [4.78, 5) is 33.5. The smallest absolute Gasteiger partial charge is 0.254 e. The number of thiazole rings is 1. The molecule has 2 amide bonds. The van der Waals surface area contributed by atoms with E-state index in [0.29, 0.717) is 51.4 Å². The van der Waals surface area contributed by atoms with Crippen molar-refractivity contribution in [3.8, 4) is 5.75 Å². The van der Waals surface area contributed by atoms with Gasteiger partial charge in [-0.1, -0.05) is 0 Å². The zero-order valence-corrected chi connectivity index (χ0v) is 18.0. The minimum atomic E-state index is -0.107. The molecule has 0 bridgehead atoms. The Kier molecular flexibility index (Phi) is 6.19. The summed E-state index contributed by atoms with van der Waals surface area (Å²) in [5.41, 5.74) is 2.41. The third kappa shape index (κ3) is 4.57. The topological polar surface area (TPSA) is 84.0 Å². The molecule has 4 rings (SSSR count). The largest absolute Gasteiger partial charge is 0.489 e. The molecule has 2 aliphatic rings. The second-order valence-corrected chi connectivity index (χ2v) is 8.47. The molecule has 0 spiro atoms. The molecule has 9 heteroatoms. The summed E-state index contributed by atoms with van der Waals surface area (Å²) < 4.78 is 11.2. The first-order chi connectivity index (χ1) is 14.5. The number of hydrogen-bond donors (Lipinski definition) is 1. The van der Waals surface area contributed by atoms with Gasteiger partial charge in [0.2, 0.25) is 5.91 Å². The summed E-state index contributed by atoms with van der Waals surface area (Å²) in [6.45, 7) is 5.13. The minimum absolute atomic E-state index is 0.00638. The maximum atomic E-state index is 12.8. The molecule has 0 unspecified atom stereocenters. The van der Waals surface area contributed by atoms with Gasteiger partial charge in [-0.2, -0.15) is 0 Å². The van der Waals surface area contributed by atoms with Gasteiger partial charge in [0.1, 0.15) is 17.4 Å². The molecule has 3 heterocycles. The van der Waals surface area contributed by atoms with Gasteiger partial charge < -0.3 is 24.6 Å². The molecule has 8 nitrogen and oxygen atoms in total. The van der Waals surface area contributed by atoms with E-state index in [1.807, 2.05) is 36.4 Å². The van der Waals surface area contributed by atoms with Gasteiger partial charge in [-0.15, -0.1) is 11.3 Å². The van der Waals surface area contributed by atoms with Crippen molar-refractivity contribution >= 4 is 28.8 Å². The molecule has 1 N–H and O–H groups in total. The number of rotatable bonds is 5. The second-order valence-electron chi connectivity index (χ2n) is 7.53. The molecule has 160 valence electrons. The van der Waals surface area contributed by atoms with E-state index in [4.69, 9.17) is 9.47 Å². The van der Waals surface area contributed by atoms with Crippen LogP contribution in [0.1, 0.15) is 27.5 Å². The number of fused-ring (bicyclic) bond motifs is 1. The van der Waals surface area contributed by atoms with Crippen LogP contribution in [-0.4, -0.2) is 67.7 Å². The van der Waals surface area contributed by atoms with Crippen molar-refractivity contribution in [2.45, 2.75) is 25.9 Å². The monoisotopic (exact) mass is 430 g/mol. The molecule has 0 aliphatic carbocycles. The van der Waals surface area contributed by atoms with Crippen LogP contribution in [0.3, 0.4) is 0 Å². The van der Waals surface area contributed by atoms with E-state index in [0.717, 1.165) is 22.1 Å². The lowest BCUT2D eigenvalue weighted by Gasteiger charge is -2.36. The van der Waals surface area contributed by atoms with Crippen molar-refractivity contribution in [2.24, 2.45) is 0 Å². The minimum Gasteiger partial charge on any atom is -0.489 e. The normalized spacial score (nSPS) is 18.5. The Labute approximate surface area is 179 Å². The maximum Gasteiger partial charge on any atom is 0.254 e. The number of morpholine rings is 1. The summed E-state index contributed by atoms with van der Waals surface area (Å²) in [5, 5.41) is 5.79. The molecule has 0 saturated carbocycles. The first kappa shape index (κ1) is 20.6. The number of likely N-dealkylation sites (N-methyl/N-ethyl adjacent to an activating group) is 1. The van der Waals surface area contributed by atoms with Crippen molar-refractivity contribution in [1.82, 2.24) is 15.2 Å². The summed E-state index contributed by atoms with van der Waals surface area (Å²) in [6, 6.07) is 5.38. The fraction of sp³-hybridized carbons (Fsp3) is 0.476. The molecule has 0 radical (unpaired) electrons. The van der Waals surface area contributed by atoms with Gasteiger partial charge in [0.05, 0.1) is 37.9 Å². The van der Waals surface area contributed by atoms with Gasteiger partial charge >= 0.3 is 0 Å². The number of nitrogens with zero attached hydrogens (tertiary/aromatic N) is 3. The van der Waals surface area contributed by atoms with Gasteiger partial charge in [0, 0.05) is 36.8 Å². The highest BCUT2D eigenvalue weighted by molar-refractivity contribution is 7.09. The SMILES string of the molecule is Cc1csc(CNC(=O)C[C@H]2COc3ccc(C(=O)N4CCOCC4)cc3N2C)n1. The molecular formula is C21H26N4O4S. The van der Waals surface area contributed by atoms with Crippen LogP contribution in [0.25, 0.3) is 0 Å². The molecule has 2 aliphatic heterocycles. The number of hydrogen-bond acceptors (Lipinski definition) is 7. The fourth-order valence-corrected chi connectivity index (χ4v) is 4.34. The summed E-state index contributed by atoms with van der Waals surface area (Å²) in [7, 11) is 1.94. The van der Waals surface area contributed by atoms with Crippen LogP contribution in [0.15, 0.2) is 23.6 Å². The Morgan fingerprint density at radius 2 is 2.10 bits per heavy atom. The highest BCUT2D eigenvalue weighted by Gasteiger charge is 2.28. The highest BCUT2D eigenvalue weighted by Crippen LogP contribution is 2.34. The van der Waals surface area contributed by atoms with E-state index < -0.39 is 0 Å². The number of anilines is 1. The molecule has 30 heavy (non-hydrogen) atoms. The van der Waals surface area contributed by atoms with Crippen LogP contribution in [0.5, 0.6) is 5.75 Å². The van der Waals surface area contributed by atoms with Crippen molar-refractivity contribution in [2.75, 3.05) is 44.9 Å². The third-order valence-electron chi connectivity index (χ3n) is 5.39. The van der Waals surface area contributed by atoms with Crippen LogP contribution in [-0.2, 0) is 16.1 Å². The highest BCUT2D eigenvalue weighted by atomic mass is 32.1. The fourth-order valence-electron chi connectivity index (χ4n) is 3.63. The molecule has 2 aromatic rings. The molecule has 1 aromatic carbocycles. The maximum absolute atomic E-state index is 12.8. The van der Waals surface area contributed by atoms with Gasteiger partial charge in [-0.05, 0) is 25.1 Å². The van der Waals surface area contributed by atoms with Gasteiger partial charge in [0.15, 0.2) is 0 Å². The summed E-state index contributed by atoms with van der Waals surface area (Å²) in [6.07, 6.45) is 0.307. The third-order valence-corrected chi connectivity index (χ3v) is 6.35. The number of carbonyl (C=O) groups excluding carboxylic acids is 2. The van der Waals surface area contributed by atoms with E-state index >= 15 is 0 Å². The molecular weight excluding hydrogens is 404 g/mol. The van der Waals surface area contributed by atoms with E-state index in [1.165, 1.54) is 0 Å². The second kappa shape index (κ2) is 9.01. The van der Waals surface area contributed by atoms with Gasteiger partial charge in [-0.3, -0.25) is 9.59 Å². The molecule has 1 aromatic heterocycles. The molecule has 1 atom stereocenters. The number of nitrogens with one attached hydrogen (secondary N) is 1. The number of aryl methyl sites for hydroxylation is 1. The van der Waals surface area contributed by atoms with Crippen molar-refractivity contribution in [3.63, 3.8) is 0 Å². The first-order valence-corrected chi connectivity index (χ1v) is 10.9. The average molecular weight is 431 g/mol. The average Bonchev–Trinajstić information content (AvgIpc) is 3.19. The summed E-state index contributed by atoms with van der Waals surface area (Å²) in [5.74, 6) is 0.673. The van der Waals surface area contributed by atoms with Crippen LogP contribution < -0.4 is 15.0 Å². The van der Waals surface area contributed by atoms with E-state index in [-0.39, 0.29) is 17.9 Å². The van der Waals surface area contributed by atoms with Crippen LogP contribution >= 0.6 is 11.3 Å². The Morgan fingerprint density at radius 1 is 1.30 bits per heavy atom. The lowest BCUT2D eigenvalue weighted by atomic mass is 10.1. The first-order valence-electron chi connectivity index (χ1n) is 10.1. The number of benzene rings is 1. The van der Waals surface area contributed by atoms with Crippen molar-refractivity contribution in [3.05, 3.63) is 39.8 Å². The Balaban J connectivity index is 1.39. The predicted octanol–water partition coefficient (Wildman–Crippen LogP) is 1.83. The number of aromatic nitrogens is 1. The van der Waals surface area contributed by atoms with Gasteiger partial charge in [0.25, 0.3) is 5.91 Å². The van der Waals surface area contributed by atoms with E-state index in [9.17, 15) is 9.59 Å². The number of carbonyl (C=O) groups is 2. The number of amides is 2. The Morgan fingerprint density at radius 3 is 2.83 bits per heavy atom. The van der Waals surface area contributed by atoms with Gasteiger partial charge in [-0.25, -0.2) is 4.98 Å². The lowest BCUT2D eigenvalue weighted by Crippen LogP contribution is -2.44. The standard InChI is InChI=1S/C21H26N4O4S/c1-14-13-30-20(23-14)11-22-19(26)10-16-12-29-18-4-3-15(9-17(18)24(16)2)21(27)25-5-7-28-8-6-25/h3-4,9,13,16H,5-8,10-12H2,1-2H3,(H,22,26)/t16-/m0/s1. The molecule has 1 saturated heterocycles. The van der Waals surface area contributed by atoms with Crippen molar-refractivity contribution in [1.29, 1.82) is 0 Å². The Hall–Kier alpha value is -2.65. The molecule has 1 fully saturated rings. The summed E-state index contributed by atoms with van der Waals surface area (Å²) >= 11 is 1.54. The van der Waals surface area contributed by atoms with E-state index in [1.54, 1.807) is 22.3 Å². The van der Waals surface area contributed by atoms with Crippen molar-refractivity contribution < 1.29 is 19.1 Å². The number of ether oxygens (including phenoxy) is 2.